The van der Waals surface area contributed by atoms with Crippen LogP contribution in [0.5, 0.6) is 0 Å². The van der Waals surface area contributed by atoms with Crippen molar-refractivity contribution >= 4 is 41.5 Å². The number of ether oxygens (including phenoxy) is 2. The molecular weight excluding hydrogens is 775 g/mol. The first-order valence-corrected chi connectivity index (χ1v) is 21.2. The number of methoxy groups -OCH3 is 2. The topological polar surface area (TPSA) is 212 Å². The highest BCUT2D eigenvalue weighted by molar-refractivity contribution is 5.92. The van der Waals surface area contributed by atoms with Gasteiger partial charge in [0.2, 0.25) is 29.5 Å². The molecule has 1 aromatic carbocycles. The highest BCUT2D eigenvalue weighted by atomic mass is 16.5. The van der Waals surface area contributed by atoms with Gasteiger partial charge in [0.1, 0.15) is 18.1 Å². The largest absolute Gasteiger partial charge is 0.481 e. The molecule has 0 bridgehead atoms. The van der Waals surface area contributed by atoms with Gasteiger partial charge in [-0.15, -0.1) is 0 Å². The van der Waals surface area contributed by atoms with Crippen molar-refractivity contribution in [3.05, 3.63) is 35.9 Å². The van der Waals surface area contributed by atoms with E-state index in [1.54, 1.807) is 61.9 Å². The SMILES string of the molecule is CCC(C)C(C(CC(=O)N1CCCC1C(OC)C(C)C(=O)NC(Cc1ccccc1)C(=O)O)OC)N(C)C(=O)C(NC(=O)C(C(C)C)N(C)C(=O)CCCC(=O)O)C(C)C. The Balaban J connectivity index is 2.28. The fourth-order valence-electron chi connectivity index (χ4n) is 8.28. The number of benzene rings is 1. The van der Waals surface area contributed by atoms with E-state index in [1.807, 2.05) is 33.8 Å². The standard InChI is InChI=1S/C44H71N5O11/c1-12-28(6)39(48(9)43(56)37(26(2)3)46-42(55)38(27(4)5)47(8)34(50)21-16-22-36(52)53)33(59-10)25-35(51)49-23-17-20-32(49)40(60-11)29(7)41(54)45-31(44(57)58)24-30-18-14-13-15-19-30/h13-15,18-19,26-29,31-33,37-40H,12,16-17,20-25H2,1-11H3,(H,45,54)(H,46,55)(H,52,53)(H,57,58). The van der Waals surface area contributed by atoms with Gasteiger partial charge < -0.3 is 45.0 Å². The lowest BCUT2D eigenvalue weighted by molar-refractivity contribution is -0.149. The fraction of sp³-hybridized carbons (Fsp3) is 0.705. The van der Waals surface area contributed by atoms with Crippen molar-refractivity contribution in [2.24, 2.45) is 23.7 Å². The van der Waals surface area contributed by atoms with Gasteiger partial charge in [-0.3, -0.25) is 28.8 Å². The van der Waals surface area contributed by atoms with Crippen LogP contribution in [0, 0.1) is 23.7 Å². The van der Waals surface area contributed by atoms with E-state index in [2.05, 4.69) is 10.6 Å². The Bertz CT molecular complexity index is 1590. The number of rotatable bonds is 25. The molecule has 1 fully saturated rings. The number of likely N-dealkylation sites (tertiary alicyclic amines) is 1. The molecule has 0 radical (unpaired) electrons. The van der Waals surface area contributed by atoms with E-state index in [-0.39, 0.29) is 67.6 Å². The van der Waals surface area contributed by atoms with Crippen LogP contribution in [0.25, 0.3) is 0 Å². The number of hydrogen-bond donors (Lipinski definition) is 4. The summed E-state index contributed by atoms with van der Waals surface area (Å²) in [6.45, 7) is 13.2. The molecule has 16 nitrogen and oxygen atoms in total. The minimum atomic E-state index is -1.16. The van der Waals surface area contributed by atoms with E-state index in [4.69, 9.17) is 14.6 Å². The summed E-state index contributed by atoms with van der Waals surface area (Å²) in [6, 6.07) is 4.90. The van der Waals surface area contributed by atoms with Crippen LogP contribution < -0.4 is 10.6 Å². The normalized spacial score (nSPS) is 18.1. The number of nitrogens with zero attached hydrogens (tertiary/aromatic N) is 3. The molecule has 1 saturated heterocycles. The first-order valence-electron chi connectivity index (χ1n) is 21.2. The van der Waals surface area contributed by atoms with Crippen molar-refractivity contribution in [1.82, 2.24) is 25.3 Å². The zero-order valence-electron chi connectivity index (χ0n) is 37.5. The minimum Gasteiger partial charge on any atom is -0.481 e. The second-order valence-electron chi connectivity index (χ2n) is 16.8. The number of aliphatic carboxylic acids is 2. The molecule has 0 aromatic heterocycles. The summed E-state index contributed by atoms with van der Waals surface area (Å²) < 4.78 is 11.9. The summed E-state index contributed by atoms with van der Waals surface area (Å²) in [6.07, 6.45) is 0.333. The molecular formula is C44H71N5O11. The lowest BCUT2D eigenvalue weighted by Crippen LogP contribution is -2.60. The van der Waals surface area contributed by atoms with Gasteiger partial charge >= 0.3 is 11.9 Å². The summed E-state index contributed by atoms with van der Waals surface area (Å²) in [5, 5.41) is 24.5. The van der Waals surface area contributed by atoms with Gasteiger partial charge in [0.05, 0.1) is 36.6 Å². The van der Waals surface area contributed by atoms with E-state index in [1.165, 1.54) is 26.2 Å². The van der Waals surface area contributed by atoms with Crippen LogP contribution in [-0.2, 0) is 49.5 Å². The first-order chi connectivity index (χ1) is 28.2. The van der Waals surface area contributed by atoms with Gasteiger partial charge in [-0.2, -0.15) is 0 Å². The average molecular weight is 846 g/mol. The molecule has 9 unspecified atom stereocenters. The minimum absolute atomic E-state index is 0.0383. The molecule has 1 heterocycles. The molecule has 0 saturated carbocycles. The first kappa shape index (κ1) is 51.6. The maximum absolute atomic E-state index is 14.4. The summed E-state index contributed by atoms with van der Waals surface area (Å²) >= 11 is 0. The molecule has 2 rings (SSSR count). The van der Waals surface area contributed by atoms with E-state index in [0.717, 1.165) is 5.56 Å². The Labute approximate surface area is 356 Å². The summed E-state index contributed by atoms with van der Waals surface area (Å²) in [5.41, 5.74) is 0.762. The molecule has 338 valence electrons. The van der Waals surface area contributed by atoms with Gasteiger partial charge in [0.15, 0.2) is 0 Å². The molecule has 16 heteroatoms. The summed E-state index contributed by atoms with van der Waals surface area (Å²) in [7, 11) is 6.10. The van der Waals surface area contributed by atoms with Crippen LogP contribution in [0.1, 0.15) is 99.0 Å². The predicted molar refractivity (Wildman–Crippen MR) is 225 cm³/mol. The Morgan fingerprint density at radius 3 is 2.00 bits per heavy atom. The van der Waals surface area contributed by atoms with Crippen LogP contribution in [0.4, 0.5) is 0 Å². The van der Waals surface area contributed by atoms with Crippen molar-refractivity contribution in [3.63, 3.8) is 0 Å². The highest BCUT2D eigenvalue weighted by Gasteiger charge is 2.43. The van der Waals surface area contributed by atoms with Gasteiger partial charge in [0, 0.05) is 54.1 Å². The van der Waals surface area contributed by atoms with Crippen molar-refractivity contribution in [2.45, 2.75) is 142 Å². The smallest absolute Gasteiger partial charge is 0.326 e. The van der Waals surface area contributed by atoms with E-state index in [0.29, 0.717) is 25.8 Å². The van der Waals surface area contributed by atoms with Gasteiger partial charge in [-0.1, -0.05) is 85.2 Å². The van der Waals surface area contributed by atoms with Gasteiger partial charge in [-0.05, 0) is 42.6 Å². The second-order valence-corrected chi connectivity index (χ2v) is 16.8. The van der Waals surface area contributed by atoms with Crippen molar-refractivity contribution < 1.29 is 53.2 Å². The zero-order valence-corrected chi connectivity index (χ0v) is 37.5. The summed E-state index contributed by atoms with van der Waals surface area (Å²) in [4.78, 5) is 96.7. The molecule has 5 amide bonds. The summed E-state index contributed by atoms with van der Waals surface area (Å²) in [5.74, 6) is -5.80. The third kappa shape index (κ3) is 14.3. The Morgan fingerprint density at radius 2 is 1.48 bits per heavy atom. The molecule has 1 aliphatic rings. The number of carboxylic acids is 2. The van der Waals surface area contributed by atoms with E-state index < -0.39 is 72.1 Å². The number of likely N-dealkylation sites (N-methyl/N-ethyl adjacent to an activating group) is 2. The molecule has 9 atom stereocenters. The average Bonchev–Trinajstić information content (AvgIpc) is 3.68. The maximum Gasteiger partial charge on any atom is 0.326 e. The van der Waals surface area contributed by atoms with Crippen molar-refractivity contribution in [2.75, 3.05) is 34.9 Å². The van der Waals surface area contributed by atoms with Crippen LogP contribution in [-0.4, -0.2) is 144 Å². The van der Waals surface area contributed by atoms with Gasteiger partial charge in [-0.25, -0.2) is 4.79 Å². The fourth-order valence-corrected chi connectivity index (χ4v) is 8.28. The number of carbonyl (C=O) groups is 7. The van der Waals surface area contributed by atoms with Crippen LogP contribution in [0.2, 0.25) is 0 Å². The quantitative estimate of drug-likeness (QED) is 0.112. The number of carboxylic acid groups (broad SMARTS) is 2. The van der Waals surface area contributed by atoms with E-state index in [9.17, 15) is 38.7 Å². The lowest BCUT2D eigenvalue weighted by Gasteiger charge is -2.41. The Morgan fingerprint density at radius 1 is 0.850 bits per heavy atom. The Kier molecular flexibility index (Phi) is 21.2. The number of amides is 5. The highest BCUT2D eigenvalue weighted by Crippen LogP contribution is 2.30. The number of carbonyl (C=O) groups excluding carboxylic acids is 5. The molecule has 1 aromatic rings. The lowest BCUT2D eigenvalue weighted by atomic mass is 9.89. The van der Waals surface area contributed by atoms with Crippen LogP contribution >= 0.6 is 0 Å². The number of hydrogen-bond acceptors (Lipinski definition) is 9. The maximum atomic E-state index is 14.4. The van der Waals surface area contributed by atoms with Crippen LogP contribution in [0.3, 0.4) is 0 Å². The van der Waals surface area contributed by atoms with E-state index >= 15 is 0 Å². The Hall–Kier alpha value is -4.57. The monoisotopic (exact) mass is 846 g/mol. The zero-order chi connectivity index (χ0) is 45.4. The molecule has 1 aliphatic heterocycles. The molecule has 0 aliphatic carbocycles. The van der Waals surface area contributed by atoms with Crippen molar-refractivity contribution in [1.29, 1.82) is 0 Å². The second kappa shape index (κ2) is 24.6. The van der Waals surface area contributed by atoms with Gasteiger partial charge in [0.25, 0.3) is 0 Å². The predicted octanol–water partition coefficient (Wildman–Crippen LogP) is 3.60. The van der Waals surface area contributed by atoms with Crippen molar-refractivity contribution in [3.8, 4) is 0 Å². The third-order valence-electron chi connectivity index (χ3n) is 11.9. The molecule has 60 heavy (non-hydrogen) atoms. The van der Waals surface area contributed by atoms with Crippen LogP contribution in [0.15, 0.2) is 30.3 Å². The number of nitrogens with one attached hydrogen (secondary N) is 2. The molecule has 4 N–H and O–H groups in total. The third-order valence-corrected chi connectivity index (χ3v) is 11.9. The molecule has 0 spiro atoms.